The average Bonchev–Trinajstić information content (AvgIpc) is 2.38. The molecule has 0 unspecified atom stereocenters. The number of amides is 1. The second kappa shape index (κ2) is 13.7. The number of hydrogen-bond donors (Lipinski definition) is 1. The van der Waals surface area contributed by atoms with Gasteiger partial charge in [-0.1, -0.05) is 20.3 Å². The van der Waals surface area contributed by atoms with Gasteiger partial charge in [-0.3, -0.25) is 4.79 Å². The van der Waals surface area contributed by atoms with Crippen LogP contribution in [0.15, 0.2) is 0 Å². The Labute approximate surface area is 109 Å². The van der Waals surface area contributed by atoms with E-state index in [1.807, 2.05) is 20.8 Å². The first kappa shape index (κ1) is 19.0. The number of carbonyl (C=O) groups excluding carboxylic acids is 1. The standard InChI is InChI=1S/C9H19N3O4.C2H6/c1-3-11(2)9(13)7-5-4-6-8-10-16-12(14)15;1-2/h10H,3-8H2,1-2H3;1-2H3. The maximum atomic E-state index is 11.3. The van der Waals surface area contributed by atoms with Gasteiger partial charge >= 0.3 is 5.09 Å². The van der Waals surface area contributed by atoms with E-state index in [1.165, 1.54) is 0 Å². The van der Waals surface area contributed by atoms with Crippen LogP contribution >= 0.6 is 0 Å². The molecule has 0 aromatic heterocycles. The third-order valence-corrected chi connectivity index (χ3v) is 2.21. The van der Waals surface area contributed by atoms with Gasteiger partial charge in [0.1, 0.15) is 0 Å². The summed E-state index contributed by atoms with van der Waals surface area (Å²) < 4.78 is 0. The van der Waals surface area contributed by atoms with Crippen molar-refractivity contribution in [1.29, 1.82) is 0 Å². The monoisotopic (exact) mass is 263 g/mol. The van der Waals surface area contributed by atoms with E-state index >= 15 is 0 Å². The Morgan fingerprint density at radius 1 is 1.33 bits per heavy atom. The molecule has 0 saturated carbocycles. The van der Waals surface area contributed by atoms with Crippen molar-refractivity contribution < 1.29 is 14.8 Å². The highest BCUT2D eigenvalue weighted by molar-refractivity contribution is 5.75. The Bertz CT molecular complexity index is 224. The normalized spacial score (nSPS) is 9.11. The topological polar surface area (TPSA) is 84.7 Å². The summed E-state index contributed by atoms with van der Waals surface area (Å²) in [6.45, 7) is 7.06. The predicted octanol–water partition coefficient (Wildman–Crippen LogP) is 1.76. The molecule has 0 aromatic carbocycles. The Balaban J connectivity index is 0. The van der Waals surface area contributed by atoms with Crippen LogP contribution in [0.1, 0.15) is 46.5 Å². The molecule has 0 saturated heterocycles. The van der Waals surface area contributed by atoms with Crippen LogP contribution in [0.25, 0.3) is 0 Å². The van der Waals surface area contributed by atoms with Gasteiger partial charge in [-0.25, -0.2) is 4.94 Å². The van der Waals surface area contributed by atoms with Gasteiger partial charge in [-0.2, -0.15) is 5.48 Å². The van der Waals surface area contributed by atoms with Gasteiger partial charge in [-0.05, 0) is 19.8 Å². The highest BCUT2D eigenvalue weighted by atomic mass is 17.0. The summed E-state index contributed by atoms with van der Waals surface area (Å²) in [6, 6.07) is 0. The van der Waals surface area contributed by atoms with Crippen molar-refractivity contribution in [2.24, 2.45) is 0 Å². The van der Waals surface area contributed by atoms with Crippen LogP contribution in [-0.2, 0) is 9.73 Å². The molecule has 1 amide bonds. The van der Waals surface area contributed by atoms with Gasteiger partial charge < -0.3 is 4.90 Å². The number of unbranched alkanes of at least 4 members (excludes halogenated alkanes) is 2. The maximum Gasteiger partial charge on any atom is 0.311 e. The largest absolute Gasteiger partial charge is 0.346 e. The molecule has 0 atom stereocenters. The number of nitrogens with one attached hydrogen (secondary N) is 1. The smallest absolute Gasteiger partial charge is 0.311 e. The zero-order valence-corrected chi connectivity index (χ0v) is 11.8. The number of hydrogen-bond acceptors (Lipinski definition) is 5. The van der Waals surface area contributed by atoms with E-state index in [9.17, 15) is 14.9 Å². The van der Waals surface area contributed by atoms with E-state index in [2.05, 4.69) is 10.4 Å². The average molecular weight is 263 g/mol. The third kappa shape index (κ3) is 12.7. The van der Waals surface area contributed by atoms with Crippen LogP contribution in [0.5, 0.6) is 0 Å². The molecule has 0 rings (SSSR count). The lowest BCUT2D eigenvalue weighted by molar-refractivity contribution is -0.776. The molecular weight excluding hydrogens is 238 g/mol. The Morgan fingerprint density at radius 2 is 1.94 bits per heavy atom. The van der Waals surface area contributed by atoms with E-state index in [4.69, 9.17) is 0 Å². The van der Waals surface area contributed by atoms with Crippen molar-refractivity contribution >= 4 is 5.91 Å². The van der Waals surface area contributed by atoms with Crippen LogP contribution in [0.4, 0.5) is 0 Å². The van der Waals surface area contributed by atoms with E-state index in [0.717, 1.165) is 25.8 Å². The first-order valence-corrected chi connectivity index (χ1v) is 6.36. The van der Waals surface area contributed by atoms with Gasteiger partial charge in [-0.15, -0.1) is 10.1 Å². The minimum Gasteiger partial charge on any atom is -0.346 e. The number of carbonyl (C=O) groups is 1. The van der Waals surface area contributed by atoms with Gasteiger partial charge in [0.2, 0.25) is 5.91 Å². The Hall–Kier alpha value is -1.37. The summed E-state index contributed by atoms with van der Waals surface area (Å²) >= 11 is 0. The lowest BCUT2D eigenvalue weighted by Crippen LogP contribution is -2.25. The third-order valence-electron chi connectivity index (χ3n) is 2.21. The van der Waals surface area contributed by atoms with Gasteiger partial charge in [0.25, 0.3) is 0 Å². The molecular formula is C11H25N3O4. The van der Waals surface area contributed by atoms with Crippen LogP contribution in [0.2, 0.25) is 0 Å². The van der Waals surface area contributed by atoms with Gasteiger partial charge in [0, 0.05) is 26.6 Å². The molecule has 0 radical (unpaired) electrons. The minimum absolute atomic E-state index is 0.136. The van der Waals surface area contributed by atoms with Crippen LogP contribution < -0.4 is 5.48 Å². The molecule has 7 heteroatoms. The summed E-state index contributed by atoms with van der Waals surface area (Å²) in [4.78, 5) is 26.7. The molecule has 0 heterocycles. The second-order valence-electron chi connectivity index (χ2n) is 3.43. The van der Waals surface area contributed by atoms with Crippen molar-refractivity contribution in [2.45, 2.75) is 46.5 Å². The van der Waals surface area contributed by atoms with Crippen molar-refractivity contribution in [3.05, 3.63) is 10.1 Å². The van der Waals surface area contributed by atoms with Crippen molar-refractivity contribution in [2.75, 3.05) is 20.1 Å². The SMILES string of the molecule is CC.CCN(C)C(=O)CCCCCNO[N+](=O)[O-]. The summed E-state index contributed by atoms with van der Waals surface area (Å²) in [5.74, 6) is 0.136. The Morgan fingerprint density at radius 3 is 2.44 bits per heavy atom. The number of nitrogens with zero attached hydrogens (tertiary/aromatic N) is 2. The molecule has 0 aliphatic rings. The Kier molecular flexibility index (Phi) is 14.4. The molecule has 0 bridgehead atoms. The molecule has 0 fully saturated rings. The molecule has 0 aromatic rings. The maximum absolute atomic E-state index is 11.3. The fraction of sp³-hybridized carbons (Fsp3) is 0.909. The van der Waals surface area contributed by atoms with E-state index in [-0.39, 0.29) is 5.91 Å². The number of hydroxylamine groups is 1. The quantitative estimate of drug-likeness (QED) is 0.389. The molecule has 0 aliphatic heterocycles. The van der Waals surface area contributed by atoms with Crippen molar-refractivity contribution in [3.63, 3.8) is 0 Å². The summed E-state index contributed by atoms with van der Waals surface area (Å²) in [7, 11) is 1.77. The van der Waals surface area contributed by atoms with E-state index < -0.39 is 5.09 Å². The molecule has 18 heavy (non-hydrogen) atoms. The summed E-state index contributed by atoms with van der Waals surface area (Å²) in [5.41, 5.74) is 2.21. The first-order valence-electron chi connectivity index (χ1n) is 6.36. The lowest BCUT2D eigenvalue weighted by Gasteiger charge is -2.13. The second-order valence-corrected chi connectivity index (χ2v) is 3.43. The molecule has 108 valence electrons. The van der Waals surface area contributed by atoms with Crippen molar-refractivity contribution in [3.8, 4) is 0 Å². The minimum atomic E-state index is -0.889. The molecule has 0 aliphatic carbocycles. The van der Waals surface area contributed by atoms with Crippen LogP contribution in [0.3, 0.4) is 0 Å². The van der Waals surface area contributed by atoms with Gasteiger partial charge in [0.15, 0.2) is 0 Å². The number of rotatable bonds is 9. The fourth-order valence-corrected chi connectivity index (χ4v) is 1.12. The fourth-order valence-electron chi connectivity index (χ4n) is 1.12. The molecule has 0 spiro atoms. The predicted molar refractivity (Wildman–Crippen MR) is 69.2 cm³/mol. The highest BCUT2D eigenvalue weighted by Crippen LogP contribution is 2.01. The van der Waals surface area contributed by atoms with E-state index in [0.29, 0.717) is 13.0 Å². The highest BCUT2D eigenvalue weighted by Gasteiger charge is 2.05. The molecule has 1 N–H and O–H groups in total. The van der Waals surface area contributed by atoms with Gasteiger partial charge in [0.05, 0.1) is 0 Å². The van der Waals surface area contributed by atoms with Crippen molar-refractivity contribution in [1.82, 2.24) is 10.4 Å². The summed E-state index contributed by atoms with van der Waals surface area (Å²) in [5, 5.41) is 8.87. The van der Waals surface area contributed by atoms with E-state index in [1.54, 1.807) is 11.9 Å². The lowest BCUT2D eigenvalue weighted by atomic mass is 10.2. The first-order chi connectivity index (χ1) is 8.57. The summed E-state index contributed by atoms with van der Waals surface area (Å²) in [6.07, 6.45) is 2.91. The van der Waals surface area contributed by atoms with Crippen LogP contribution in [0, 0.1) is 10.1 Å². The zero-order valence-electron chi connectivity index (χ0n) is 11.8. The zero-order chi connectivity index (χ0) is 14.4. The molecule has 7 nitrogen and oxygen atoms in total. The van der Waals surface area contributed by atoms with Crippen LogP contribution in [-0.4, -0.2) is 36.0 Å².